The number of carbonyl (C=O) groups excluding carboxylic acids is 1. The van der Waals surface area contributed by atoms with Crippen molar-refractivity contribution in [3.05, 3.63) is 71.3 Å². The van der Waals surface area contributed by atoms with E-state index in [0.717, 1.165) is 16.9 Å². The first-order chi connectivity index (χ1) is 12.9. The molecule has 1 fully saturated rings. The predicted octanol–water partition coefficient (Wildman–Crippen LogP) is 4.45. The number of rotatable bonds is 6. The third kappa shape index (κ3) is 5.08. The molecule has 3 nitrogen and oxygen atoms in total. The van der Waals surface area contributed by atoms with E-state index in [9.17, 15) is 13.6 Å². The van der Waals surface area contributed by atoms with Crippen molar-refractivity contribution in [1.29, 1.82) is 0 Å². The highest BCUT2D eigenvalue weighted by atomic mass is 32.2. The minimum Gasteiger partial charge on any atom is -0.325 e. The number of benzene rings is 2. The number of nitrogens with zero attached hydrogens (tertiary/aromatic N) is 2. The van der Waals surface area contributed by atoms with Crippen LogP contribution in [0.2, 0.25) is 0 Å². The SMILES string of the molecule is CC(C)N(CC(=O)N1CCS[C@H]1c1ccc(F)cc1)Cc1ccc(F)cc1. The smallest absolute Gasteiger partial charge is 0.237 e. The molecule has 144 valence electrons. The Labute approximate surface area is 163 Å². The first-order valence-corrected chi connectivity index (χ1v) is 10.1. The minimum absolute atomic E-state index is 0.0603. The lowest BCUT2D eigenvalue weighted by atomic mass is 10.1. The molecule has 0 aromatic heterocycles. The molecular weight excluding hydrogens is 366 g/mol. The van der Waals surface area contributed by atoms with Crippen molar-refractivity contribution in [2.75, 3.05) is 18.8 Å². The van der Waals surface area contributed by atoms with Gasteiger partial charge in [-0.05, 0) is 49.2 Å². The van der Waals surface area contributed by atoms with Gasteiger partial charge in [0.2, 0.25) is 5.91 Å². The van der Waals surface area contributed by atoms with Crippen LogP contribution < -0.4 is 0 Å². The first-order valence-electron chi connectivity index (χ1n) is 9.09. The van der Waals surface area contributed by atoms with Crippen molar-refractivity contribution in [2.45, 2.75) is 31.8 Å². The molecule has 27 heavy (non-hydrogen) atoms. The second kappa shape index (κ2) is 8.85. The fourth-order valence-electron chi connectivity index (χ4n) is 3.14. The van der Waals surface area contributed by atoms with Crippen LogP contribution in [0.25, 0.3) is 0 Å². The Morgan fingerprint density at radius 2 is 1.70 bits per heavy atom. The Morgan fingerprint density at radius 1 is 1.11 bits per heavy atom. The van der Waals surface area contributed by atoms with Gasteiger partial charge in [0, 0.05) is 24.9 Å². The van der Waals surface area contributed by atoms with Gasteiger partial charge in [0.25, 0.3) is 0 Å². The molecule has 1 saturated heterocycles. The van der Waals surface area contributed by atoms with Gasteiger partial charge in [-0.1, -0.05) is 24.3 Å². The van der Waals surface area contributed by atoms with E-state index in [4.69, 9.17) is 0 Å². The van der Waals surface area contributed by atoms with Crippen molar-refractivity contribution in [3.63, 3.8) is 0 Å². The molecule has 0 aliphatic carbocycles. The maximum absolute atomic E-state index is 13.2. The van der Waals surface area contributed by atoms with Crippen molar-refractivity contribution >= 4 is 17.7 Å². The summed E-state index contributed by atoms with van der Waals surface area (Å²) >= 11 is 1.70. The summed E-state index contributed by atoms with van der Waals surface area (Å²) in [6, 6.07) is 12.9. The van der Waals surface area contributed by atoms with Gasteiger partial charge in [-0.3, -0.25) is 9.69 Å². The Hall–Kier alpha value is -1.92. The zero-order valence-corrected chi connectivity index (χ0v) is 16.4. The van der Waals surface area contributed by atoms with Crippen LogP contribution in [-0.2, 0) is 11.3 Å². The monoisotopic (exact) mass is 390 g/mol. The van der Waals surface area contributed by atoms with Crippen LogP contribution in [0.15, 0.2) is 48.5 Å². The van der Waals surface area contributed by atoms with Crippen LogP contribution in [-0.4, -0.2) is 40.6 Å². The van der Waals surface area contributed by atoms with Gasteiger partial charge in [0.1, 0.15) is 17.0 Å². The highest BCUT2D eigenvalue weighted by Gasteiger charge is 2.31. The summed E-state index contributed by atoms with van der Waals surface area (Å²) in [6.07, 6.45) is 0. The van der Waals surface area contributed by atoms with Crippen LogP contribution in [0.3, 0.4) is 0 Å². The van der Waals surface area contributed by atoms with Crippen LogP contribution in [0.5, 0.6) is 0 Å². The Bertz CT molecular complexity index is 765. The maximum atomic E-state index is 13.2. The average Bonchev–Trinajstić information content (AvgIpc) is 3.13. The molecule has 0 bridgehead atoms. The molecule has 1 heterocycles. The predicted molar refractivity (Wildman–Crippen MR) is 105 cm³/mol. The molecule has 1 aliphatic heterocycles. The van der Waals surface area contributed by atoms with Gasteiger partial charge in [-0.2, -0.15) is 0 Å². The molecule has 0 saturated carbocycles. The number of thioether (sulfide) groups is 1. The third-order valence-corrected chi connectivity index (χ3v) is 5.99. The van der Waals surface area contributed by atoms with Crippen LogP contribution in [0.4, 0.5) is 8.78 Å². The Balaban J connectivity index is 1.69. The van der Waals surface area contributed by atoms with E-state index >= 15 is 0 Å². The highest BCUT2D eigenvalue weighted by Crippen LogP contribution is 2.38. The molecule has 2 aromatic carbocycles. The van der Waals surface area contributed by atoms with Crippen molar-refractivity contribution in [1.82, 2.24) is 9.80 Å². The maximum Gasteiger partial charge on any atom is 0.237 e. The average molecular weight is 390 g/mol. The van der Waals surface area contributed by atoms with Gasteiger partial charge in [0.05, 0.1) is 6.54 Å². The van der Waals surface area contributed by atoms with Crippen molar-refractivity contribution < 1.29 is 13.6 Å². The normalized spacial score (nSPS) is 17.1. The van der Waals surface area contributed by atoms with E-state index in [-0.39, 0.29) is 29.0 Å². The van der Waals surface area contributed by atoms with E-state index in [1.165, 1.54) is 24.3 Å². The van der Waals surface area contributed by atoms with Crippen LogP contribution >= 0.6 is 11.8 Å². The van der Waals surface area contributed by atoms with E-state index < -0.39 is 0 Å². The number of hydrogen-bond donors (Lipinski definition) is 0. The van der Waals surface area contributed by atoms with Crippen molar-refractivity contribution in [3.8, 4) is 0 Å². The molecular formula is C21H24F2N2OS. The minimum atomic E-state index is -0.273. The zero-order chi connectivity index (χ0) is 19.4. The quantitative estimate of drug-likeness (QED) is 0.728. The largest absolute Gasteiger partial charge is 0.325 e. The fraction of sp³-hybridized carbons (Fsp3) is 0.381. The van der Waals surface area contributed by atoms with E-state index in [2.05, 4.69) is 4.90 Å². The van der Waals surface area contributed by atoms with Gasteiger partial charge in [0.15, 0.2) is 0 Å². The molecule has 0 N–H and O–H groups in total. The molecule has 3 rings (SSSR count). The molecule has 1 atom stereocenters. The molecule has 1 aliphatic rings. The summed E-state index contributed by atoms with van der Waals surface area (Å²) in [5.41, 5.74) is 1.92. The van der Waals surface area contributed by atoms with Gasteiger partial charge in [-0.25, -0.2) is 8.78 Å². The zero-order valence-electron chi connectivity index (χ0n) is 15.6. The topological polar surface area (TPSA) is 23.6 Å². The number of carbonyl (C=O) groups is 1. The van der Waals surface area contributed by atoms with Crippen LogP contribution in [0.1, 0.15) is 30.3 Å². The van der Waals surface area contributed by atoms with E-state index in [1.807, 2.05) is 18.7 Å². The molecule has 6 heteroatoms. The lowest BCUT2D eigenvalue weighted by molar-refractivity contribution is -0.133. The van der Waals surface area contributed by atoms with Gasteiger partial charge >= 0.3 is 0 Å². The van der Waals surface area contributed by atoms with E-state index in [1.54, 1.807) is 36.0 Å². The van der Waals surface area contributed by atoms with Gasteiger partial charge < -0.3 is 4.90 Å². The highest BCUT2D eigenvalue weighted by molar-refractivity contribution is 7.99. The Kier molecular flexibility index (Phi) is 6.50. The molecule has 2 aromatic rings. The molecule has 0 spiro atoms. The number of halogens is 2. The summed E-state index contributed by atoms with van der Waals surface area (Å²) in [6.45, 7) is 5.67. The summed E-state index contributed by atoms with van der Waals surface area (Å²) in [5.74, 6) is 0.394. The summed E-state index contributed by atoms with van der Waals surface area (Å²) in [5, 5.41) is -0.0714. The van der Waals surface area contributed by atoms with Crippen molar-refractivity contribution in [2.24, 2.45) is 0 Å². The number of amides is 1. The van der Waals surface area contributed by atoms with E-state index in [0.29, 0.717) is 19.6 Å². The molecule has 1 amide bonds. The third-order valence-electron chi connectivity index (χ3n) is 4.73. The number of hydrogen-bond acceptors (Lipinski definition) is 3. The Morgan fingerprint density at radius 3 is 2.30 bits per heavy atom. The van der Waals surface area contributed by atoms with Gasteiger partial charge in [-0.15, -0.1) is 11.8 Å². The summed E-state index contributed by atoms with van der Waals surface area (Å²) < 4.78 is 26.3. The standard InChI is InChI=1S/C21H24F2N2OS/c1-15(2)24(13-16-3-7-18(22)8-4-16)14-20(26)25-11-12-27-21(25)17-5-9-19(23)10-6-17/h3-10,15,21H,11-14H2,1-2H3/t21-/m0/s1. The lowest BCUT2D eigenvalue weighted by Gasteiger charge is -2.30. The second-order valence-corrected chi connectivity index (χ2v) is 8.18. The first kappa shape index (κ1) is 19.8. The lowest BCUT2D eigenvalue weighted by Crippen LogP contribution is -2.42. The summed E-state index contributed by atoms with van der Waals surface area (Å²) in [7, 11) is 0. The molecule has 0 radical (unpaired) electrons. The fourth-order valence-corrected chi connectivity index (χ4v) is 4.42. The second-order valence-electron chi connectivity index (χ2n) is 6.99. The molecule has 0 unspecified atom stereocenters. The van der Waals surface area contributed by atoms with Crippen LogP contribution in [0, 0.1) is 11.6 Å². The summed E-state index contributed by atoms with van der Waals surface area (Å²) in [4.78, 5) is 16.9.